The van der Waals surface area contributed by atoms with Crippen LogP contribution < -0.4 is 5.32 Å². The Morgan fingerprint density at radius 3 is 2.54 bits per heavy atom. The van der Waals surface area contributed by atoms with Crippen molar-refractivity contribution in [2.24, 2.45) is 5.92 Å². The molecule has 0 bridgehead atoms. The Labute approximate surface area is 212 Å². The van der Waals surface area contributed by atoms with E-state index in [1.165, 1.54) is 4.90 Å². The number of amides is 2. The first-order valence-electron chi connectivity index (χ1n) is 12.1. The standard InChI is InChI=1S/C27H26F3N3O4/c28-20-10-19(26(30)22(29)11-20)14-33-21(7-8-25(33)35)12-24(34)32-23(9-16-1-2-16)27(36)37-15-18-5-3-17(13-31)4-6-18/h3-6,10-11,16,21,23H,1-2,7-9,12,14-15H2,(H,32,34)/t21-,23-/m0/s1. The average molecular weight is 514 g/mol. The maximum Gasteiger partial charge on any atom is 0.328 e. The number of hydrogen-bond donors (Lipinski definition) is 1. The van der Waals surface area contributed by atoms with Gasteiger partial charge in [-0.2, -0.15) is 5.26 Å². The zero-order valence-electron chi connectivity index (χ0n) is 20.0. The topological polar surface area (TPSA) is 99.5 Å². The van der Waals surface area contributed by atoms with E-state index in [0.29, 0.717) is 36.0 Å². The van der Waals surface area contributed by atoms with E-state index in [1.54, 1.807) is 24.3 Å². The number of rotatable bonds is 10. The largest absolute Gasteiger partial charge is 0.459 e. The molecule has 2 aliphatic rings. The van der Waals surface area contributed by atoms with Crippen LogP contribution in [0.5, 0.6) is 0 Å². The Bertz CT molecular complexity index is 1220. The highest BCUT2D eigenvalue weighted by Gasteiger charge is 2.36. The third-order valence-electron chi connectivity index (χ3n) is 6.63. The summed E-state index contributed by atoms with van der Waals surface area (Å²) in [4.78, 5) is 39.3. The number of hydrogen-bond acceptors (Lipinski definition) is 5. The number of likely N-dealkylation sites (tertiary alicyclic amines) is 1. The molecule has 0 aromatic heterocycles. The van der Waals surface area contributed by atoms with E-state index in [-0.39, 0.29) is 37.5 Å². The monoisotopic (exact) mass is 513 g/mol. The molecule has 2 aromatic rings. The van der Waals surface area contributed by atoms with Crippen molar-refractivity contribution in [1.29, 1.82) is 5.26 Å². The maximum atomic E-state index is 14.1. The summed E-state index contributed by atoms with van der Waals surface area (Å²) in [6.07, 6.45) is 2.64. The van der Waals surface area contributed by atoms with Crippen molar-refractivity contribution in [1.82, 2.24) is 10.2 Å². The maximum absolute atomic E-state index is 14.1. The average Bonchev–Trinajstić information content (AvgIpc) is 3.64. The number of nitrogens with zero attached hydrogens (tertiary/aromatic N) is 2. The van der Waals surface area contributed by atoms with Gasteiger partial charge in [-0.1, -0.05) is 25.0 Å². The minimum absolute atomic E-state index is 0.0117. The minimum atomic E-state index is -1.35. The Morgan fingerprint density at radius 2 is 1.86 bits per heavy atom. The second kappa shape index (κ2) is 11.5. The molecule has 2 aromatic carbocycles. The van der Waals surface area contributed by atoms with Gasteiger partial charge in [-0.25, -0.2) is 18.0 Å². The number of benzene rings is 2. The molecule has 1 heterocycles. The Morgan fingerprint density at radius 1 is 1.14 bits per heavy atom. The number of halogens is 3. The van der Waals surface area contributed by atoms with Gasteiger partial charge in [0, 0.05) is 37.1 Å². The number of carbonyl (C=O) groups is 3. The predicted molar refractivity (Wildman–Crippen MR) is 125 cm³/mol. The van der Waals surface area contributed by atoms with Crippen LogP contribution in [0.15, 0.2) is 36.4 Å². The first-order chi connectivity index (χ1) is 17.7. The van der Waals surface area contributed by atoms with Crippen molar-refractivity contribution in [2.45, 2.75) is 63.8 Å². The van der Waals surface area contributed by atoms with Gasteiger partial charge in [-0.15, -0.1) is 0 Å². The lowest BCUT2D eigenvalue weighted by Gasteiger charge is -2.26. The van der Waals surface area contributed by atoms with Crippen LogP contribution in [0, 0.1) is 34.7 Å². The molecule has 0 radical (unpaired) electrons. The summed E-state index contributed by atoms with van der Waals surface area (Å²) < 4.78 is 46.8. The Kier molecular flexibility index (Phi) is 8.11. The molecule has 10 heteroatoms. The summed E-state index contributed by atoms with van der Waals surface area (Å²) >= 11 is 0. The quantitative estimate of drug-likeness (QED) is 0.384. The van der Waals surface area contributed by atoms with Crippen LogP contribution in [0.2, 0.25) is 0 Å². The van der Waals surface area contributed by atoms with Gasteiger partial charge >= 0.3 is 5.97 Å². The van der Waals surface area contributed by atoms with Gasteiger partial charge in [0.1, 0.15) is 18.5 Å². The highest BCUT2D eigenvalue weighted by atomic mass is 19.2. The minimum Gasteiger partial charge on any atom is -0.459 e. The molecular formula is C27H26F3N3O4. The van der Waals surface area contributed by atoms with E-state index in [9.17, 15) is 27.6 Å². The highest BCUT2D eigenvalue weighted by molar-refractivity contribution is 5.86. The lowest BCUT2D eigenvalue weighted by Crippen LogP contribution is -2.44. The van der Waals surface area contributed by atoms with Crippen molar-refractivity contribution >= 4 is 17.8 Å². The van der Waals surface area contributed by atoms with E-state index >= 15 is 0 Å². The van der Waals surface area contributed by atoms with Crippen LogP contribution in [-0.2, 0) is 32.3 Å². The van der Waals surface area contributed by atoms with E-state index < -0.39 is 41.4 Å². The Balaban J connectivity index is 1.36. The first-order valence-corrected chi connectivity index (χ1v) is 12.1. The number of nitrogens with one attached hydrogen (secondary N) is 1. The number of esters is 1. The van der Waals surface area contributed by atoms with Crippen LogP contribution >= 0.6 is 0 Å². The van der Waals surface area contributed by atoms with Gasteiger partial charge in [-0.05, 0) is 42.5 Å². The summed E-state index contributed by atoms with van der Waals surface area (Å²) in [5.74, 6) is -4.64. The van der Waals surface area contributed by atoms with Crippen molar-refractivity contribution in [3.05, 3.63) is 70.5 Å². The van der Waals surface area contributed by atoms with E-state index in [4.69, 9.17) is 10.00 Å². The fourth-order valence-electron chi connectivity index (χ4n) is 4.43. The third kappa shape index (κ3) is 6.88. The normalized spacial score (nSPS) is 17.8. The molecule has 1 saturated heterocycles. The molecule has 2 atom stereocenters. The summed E-state index contributed by atoms with van der Waals surface area (Å²) in [7, 11) is 0. The molecule has 2 amide bonds. The second-order valence-electron chi connectivity index (χ2n) is 9.49. The SMILES string of the molecule is N#Cc1ccc(COC(=O)[C@H](CC2CC2)NC(=O)C[C@@H]2CCC(=O)N2Cc2cc(F)cc(F)c2F)cc1. The summed E-state index contributed by atoms with van der Waals surface area (Å²) in [5.41, 5.74) is 0.875. The van der Waals surface area contributed by atoms with Crippen molar-refractivity contribution in [3.8, 4) is 6.07 Å². The second-order valence-corrected chi connectivity index (χ2v) is 9.49. The van der Waals surface area contributed by atoms with Crippen molar-refractivity contribution < 1.29 is 32.3 Å². The van der Waals surface area contributed by atoms with Crippen LogP contribution in [0.3, 0.4) is 0 Å². The van der Waals surface area contributed by atoms with Crippen molar-refractivity contribution in [2.75, 3.05) is 0 Å². The molecule has 37 heavy (non-hydrogen) atoms. The van der Waals surface area contributed by atoms with Gasteiger partial charge in [0.05, 0.1) is 11.6 Å². The van der Waals surface area contributed by atoms with Crippen molar-refractivity contribution in [3.63, 3.8) is 0 Å². The molecule has 1 saturated carbocycles. The molecule has 1 aliphatic heterocycles. The lowest BCUT2D eigenvalue weighted by atomic mass is 10.1. The lowest BCUT2D eigenvalue weighted by molar-refractivity contribution is -0.149. The van der Waals surface area contributed by atoms with Crippen LogP contribution in [0.4, 0.5) is 13.2 Å². The molecule has 1 N–H and O–H groups in total. The van der Waals surface area contributed by atoms with Gasteiger partial charge in [0.25, 0.3) is 0 Å². The van der Waals surface area contributed by atoms with Gasteiger partial charge < -0.3 is 15.0 Å². The van der Waals surface area contributed by atoms with Gasteiger partial charge in [0.2, 0.25) is 11.8 Å². The van der Waals surface area contributed by atoms with E-state index in [1.807, 2.05) is 6.07 Å². The number of carbonyl (C=O) groups excluding carboxylic acids is 3. The fraction of sp³-hybridized carbons (Fsp3) is 0.407. The predicted octanol–water partition coefficient (Wildman–Crippen LogP) is 3.88. The van der Waals surface area contributed by atoms with Crippen LogP contribution in [0.25, 0.3) is 0 Å². The summed E-state index contributed by atoms with van der Waals surface area (Å²) in [5, 5.41) is 11.6. The fourth-order valence-corrected chi connectivity index (χ4v) is 4.43. The highest BCUT2D eigenvalue weighted by Crippen LogP contribution is 2.34. The van der Waals surface area contributed by atoms with E-state index in [0.717, 1.165) is 18.9 Å². The Hall–Kier alpha value is -3.87. The smallest absolute Gasteiger partial charge is 0.328 e. The van der Waals surface area contributed by atoms with Crippen LogP contribution in [-0.4, -0.2) is 34.8 Å². The number of nitriles is 1. The molecule has 0 spiro atoms. The molecule has 7 nitrogen and oxygen atoms in total. The summed E-state index contributed by atoms with van der Waals surface area (Å²) in [6, 6.07) is 8.40. The molecule has 4 rings (SSSR count). The summed E-state index contributed by atoms with van der Waals surface area (Å²) in [6.45, 7) is -0.377. The molecule has 0 unspecified atom stereocenters. The first kappa shape index (κ1) is 26.2. The van der Waals surface area contributed by atoms with Gasteiger partial charge in [-0.3, -0.25) is 9.59 Å². The van der Waals surface area contributed by atoms with Gasteiger partial charge in [0.15, 0.2) is 11.6 Å². The molecular weight excluding hydrogens is 487 g/mol. The number of ether oxygens (including phenoxy) is 1. The molecule has 194 valence electrons. The third-order valence-corrected chi connectivity index (χ3v) is 6.63. The molecule has 1 aliphatic carbocycles. The zero-order valence-corrected chi connectivity index (χ0v) is 20.0. The zero-order chi connectivity index (χ0) is 26.5. The van der Waals surface area contributed by atoms with E-state index in [2.05, 4.69) is 5.32 Å². The van der Waals surface area contributed by atoms with Crippen LogP contribution in [0.1, 0.15) is 55.2 Å². The molecule has 2 fully saturated rings.